The second-order valence-electron chi connectivity index (χ2n) is 3.37. The summed E-state index contributed by atoms with van der Waals surface area (Å²) in [5.74, 6) is 0.812. The number of rotatable bonds is 2. The van der Waals surface area contributed by atoms with Crippen molar-refractivity contribution in [2.45, 2.75) is 12.8 Å². The van der Waals surface area contributed by atoms with Crippen molar-refractivity contribution in [1.29, 1.82) is 0 Å². The first-order valence-electron chi connectivity index (χ1n) is 4.53. The van der Waals surface area contributed by atoms with E-state index in [9.17, 15) is 0 Å². The Balaban J connectivity index is 2.08. The van der Waals surface area contributed by atoms with E-state index in [0.717, 1.165) is 10.4 Å². The van der Waals surface area contributed by atoms with Crippen LogP contribution < -0.4 is 0 Å². The summed E-state index contributed by atoms with van der Waals surface area (Å²) in [6.07, 6.45) is 6.90. The second kappa shape index (κ2) is 3.95. The van der Waals surface area contributed by atoms with Crippen molar-refractivity contribution >= 4 is 22.0 Å². The predicted molar refractivity (Wildman–Crippen MR) is 59.4 cm³/mol. The minimum atomic E-state index is 0.812. The van der Waals surface area contributed by atoms with E-state index >= 15 is 0 Å². The molecule has 66 valence electrons. The number of allylic oxidation sites excluding steroid dienone is 1. The average molecular weight is 235 g/mol. The van der Waals surface area contributed by atoms with Gasteiger partial charge in [-0.25, -0.2) is 0 Å². The van der Waals surface area contributed by atoms with Crippen molar-refractivity contribution in [3.8, 4) is 0 Å². The SMILES string of the molecule is Brc1ccc(C=C=CC2CC2)cc1. The minimum absolute atomic E-state index is 0.812. The fourth-order valence-electron chi connectivity index (χ4n) is 1.10. The zero-order chi connectivity index (χ0) is 9.10. The fourth-order valence-corrected chi connectivity index (χ4v) is 1.37. The van der Waals surface area contributed by atoms with E-state index in [-0.39, 0.29) is 0 Å². The molecule has 0 radical (unpaired) electrons. The van der Waals surface area contributed by atoms with Crippen molar-refractivity contribution in [1.82, 2.24) is 0 Å². The summed E-state index contributed by atoms with van der Waals surface area (Å²) in [4.78, 5) is 0. The summed E-state index contributed by atoms with van der Waals surface area (Å²) in [6, 6.07) is 8.25. The molecule has 1 aliphatic carbocycles. The highest BCUT2D eigenvalue weighted by Gasteiger charge is 2.16. The molecule has 0 nitrogen and oxygen atoms in total. The lowest BCUT2D eigenvalue weighted by atomic mass is 10.2. The normalized spacial score (nSPS) is 14.8. The molecule has 0 aliphatic heterocycles. The van der Waals surface area contributed by atoms with Crippen molar-refractivity contribution in [2.75, 3.05) is 0 Å². The molecule has 1 aliphatic rings. The van der Waals surface area contributed by atoms with Crippen LogP contribution in [0.1, 0.15) is 18.4 Å². The topological polar surface area (TPSA) is 0 Å². The summed E-state index contributed by atoms with van der Waals surface area (Å²) in [6.45, 7) is 0. The first-order valence-corrected chi connectivity index (χ1v) is 5.32. The van der Waals surface area contributed by atoms with Gasteiger partial charge in [0.25, 0.3) is 0 Å². The van der Waals surface area contributed by atoms with Crippen LogP contribution in [0.4, 0.5) is 0 Å². The summed E-state index contributed by atoms with van der Waals surface area (Å²) in [5, 5.41) is 0. The molecule has 0 heterocycles. The summed E-state index contributed by atoms with van der Waals surface area (Å²) < 4.78 is 1.12. The van der Waals surface area contributed by atoms with Crippen LogP contribution in [0.25, 0.3) is 6.08 Å². The van der Waals surface area contributed by atoms with Gasteiger partial charge in [0, 0.05) is 4.47 Å². The molecule has 0 aromatic heterocycles. The first kappa shape index (κ1) is 8.80. The van der Waals surface area contributed by atoms with Crippen LogP contribution in [0.3, 0.4) is 0 Å². The second-order valence-corrected chi connectivity index (χ2v) is 4.28. The van der Waals surface area contributed by atoms with Gasteiger partial charge in [-0.1, -0.05) is 28.1 Å². The van der Waals surface area contributed by atoms with Crippen molar-refractivity contribution < 1.29 is 0 Å². The Hall–Kier alpha value is -0.780. The van der Waals surface area contributed by atoms with Crippen LogP contribution in [0.5, 0.6) is 0 Å². The molecule has 1 fully saturated rings. The lowest BCUT2D eigenvalue weighted by molar-refractivity contribution is 1.13. The molecule has 1 aromatic carbocycles. The highest BCUT2D eigenvalue weighted by atomic mass is 79.9. The Kier molecular flexibility index (Phi) is 2.68. The van der Waals surface area contributed by atoms with Gasteiger partial charge in [0.2, 0.25) is 0 Å². The summed E-state index contributed by atoms with van der Waals surface area (Å²) in [7, 11) is 0. The molecule has 0 saturated heterocycles. The summed E-state index contributed by atoms with van der Waals surface area (Å²) >= 11 is 3.40. The molecule has 2 rings (SSSR count). The number of halogens is 1. The molecular formula is C12H11Br. The molecule has 1 aromatic rings. The maximum atomic E-state index is 3.40. The highest BCUT2D eigenvalue weighted by Crippen LogP contribution is 2.29. The maximum Gasteiger partial charge on any atom is 0.0175 e. The molecule has 0 unspecified atom stereocenters. The fraction of sp³-hybridized carbons (Fsp3) is 0.250. The van der Waals surface area contributed by atoms with Gasteiger partial charge in [0.05, 0.1) is 0 Å². The lowest BCUT2D eigenvalue weighted by Gasteiger charge is -1.90. The molecule has 0 atom stereocenters. The number of benzene rings is 1. The molecule has 0 bridgehead atoms. The van der Waals surface area contributed by atoms with Crippen molar-refractivity contribution in [2.24, 2.45) is 5.92 Å². The molecule has 13 heavy (non-hydrogen) atoms. The molecule has 0 N–H and O–H groups in total. The van der Waals surface area contributed by atoms with Crippen LogP contribution in [-0.2, 0) is 0 Å². The van der Waals surface area contributed by atoms with Gasteiger partial charge in [-0.15, -0.1) is 5.73 Å². The van der Waals surface area contributed by atoms with Crippen molar-refractivity contribution in [3.05, 3.63) is 46.1 Å². The third-order valence-electron chi connectivity index (χ3n) is 2.07. The van der Waals surface area contributed by atoms with Gasteiger partial charge in [0.1, 0.15) is 0 Å². The smallest absolute Gasteiger partial charge is 0.0175 e. The maximum absolute atomic E-state index is 3.40. The molecule has 1 heteroatoms. The van der Waals surface area contributed by atoms with Gasteiger partial charge in [-0.05, 0) is 48.6 Å². The van der Waals surface area contributed by atoms with E-state index in [0.29, 0.717) is 0 Å². The Bertz CT molecular complexity index is 338. The molecule has 0 amide bonds. The minimum Gasteiger partial charge on any atom is -0.124 e. The zero-order valence-electron chi connectivity index (χ0n) is 7.33. The van der Waals surface area contributed by atoms with Gasteiger partial charge < -0.3 is 0 Å². The van der Waals surface area contributed by atoms with Gasteiger partial charge in [-0.2, -0.15) is 0 Å². The van der Waals surface area contributed by atoms with Gasteiger partial charge >= 0.3 is 0 Å². The predicted octanol–water partition coefficient (Wildman–Crippen LogP) is 4.03. The zero-order valence-corrected chi connectivity index (χ0v) is 8.92. The van der Waals surface area contributed by atoms with E-state index < -0.39 is 0 Å². The van der Waals surface area contributed by atoms with Gasteiger partial charge in [0.15, 0.2) is 0 Å². The van der Waals surface area contributed by atoms with E-state index in [2.05, 4.69) is 39.9 Å². The number of hydrogen-bond acceptors (Lipinski definition) is 0. The molecule has 1 saturated carbocycles. The molecular weight excluding hydrogens is 224 g/mol. The van der Waals surface area contributed by atoms with E-state index in [4.69, 9.17) is 0 Å². The van der Waals surface area contributed by atoms with Crippen LogP contribution in [0, 0.1) is 5.92 Å². The largest absolute Gasteiger partial charge is 0.124 e. The quantitative estimate of drug-likeness (QED) is 0.679. The Labute approximate surface area is 87.1 Å². The Morgan fingerprint density at radius 3 is 2.54 bits per heavy atom. The number of hydrogen-bond donors (Lipinski definition) is 0. The van der Waals surface area contributed by atoms with Crippen LogP contribution in [0.15, 0.2) is 40.5 Å². The third-order valence-corrected chi connectivity index (χ3v) is 2.60. The first-order chi connectivity index (χ1) is 6.34. The van der Waals surface area contributed by atoms with Crippen molar-refractivity contribution in [3.63, 3.8) is 0 Å². The van der Waals surface area contributed by atoms with Crippen LogP contribution in [-0.4, -0.2) is 0 Å². The van der Waals surface area contributed by atoms with Gasteiger partial charge in [-0.3, -0.25) is 0 Å². The van der Waals surface area contributed by atoms with Crippen LogP contribution >= 0.6 is 15.9 Å². The van der Waals surface area contributed by atoms with E-state index in [1.54, 1.807) is 0 Å². The third kappa shape index (κ3) is 2.87. The Morgan fingerprint density at radius 1 is 1.23 bits per heavy atom. The molecule has 0 spiro atoms. The lowest BCUT2D eigenvalue weighted by Crippen LogP contribution is -1.68. The standard InChI is InChI=1S/C12H11Br/c13-12-8-6-11(7-9-12)3-1-2-10-4-5-10/h2-3,6-10H,4-5H2. The highest BCUT2D eigenvalue weighted by molar-refractivity contribution is 9.10. The Morgan fingerprint density at radius 2 is 1.92 bits per heavy atom. The van der Waals surface area contributed by atoms with E-state index in [1.807, 2.05) is 18.2 Å². The average Bonchev–Trinajstić information content (AvgIpc) is 2.92. The van der Waals surface area contributed by atoms with E-state index in [1.165, 1.54) is 18.4 Å². The monoisotopic (exact) mass is 234 g/mol. The summed E-state index contributed by atoms with van der Waals surface area (Å²) in [5.41, 5.74) is 4.43. The van der Waals surface area contributed by atoms with Crippen LogP contribution in [0.2, 0.25) is 0 Å².